The van der Waals surface area contributed by atoms with Crippen molar-refractivity contribution in [2.75, 3.05) is 25.0 Å². The molecule has 0 radical (unpaired) electrons. The van der Waals surface area contributed by atoms with Gasteiger partial charge >= 0.3 is 30.1 Å². The van der Waals surface area contributed by atoms with Crippen LogP contribution < -0.4 is 5.32 Å². The van der Waals surface area contributed by atoms with Crippen LogP contribution in [0.15, 0.2) is 18.2 Å². The van der Waals surface area contributed by atoms with E-state index >= 15 is 0 Å². The molecule has 1 fully saturated rings. The molecule has 2 amide bonds. The predicted octanol–water partition coefficient (Wildman–Crippen LogP) is 3.46. The Morgan fingerprint density at radius 2 is 1.63 bits per heavy atom. The highest BCUT2D eigenvalue weighted by Crippen LogP contribution is 2.37. The lowest BCUT2D eigenvalue weighted by atomic mass is 9.98. The first-order valence-corrected chi connectivity index (χ1v) is 8.89. The van der Waals surface area contributed by atoms with Crippen LogP contribution in [0.4, 0.5) is 32.0 Å². The molecule has 12 heteroatoms. The second-order valence-corrected chi connectivity index (χ2v) is 6.59. The van der Waals surface area contributed by atoms with E-state index in [1.54, 1.807) is 12.2 Å². The van der Waals surface area contributed by atoms with E-state index in [1.807, 2.05) is 0 Å². The van der Waals surface area contributed by atoms with Crippen molar-refractivity contribution in [2.24, 2.45) is 5.92 Å². The number of hydrogen-bond acceptors (Lipinski definition) is 4. The fraction of sp³-hybridized carbons (Fsp3) is 0.500. The molecule has 1 N–H and O–H groups in total. The van der Waals surface area contributed by atoms with Crippen LogP contribution in [0.2, 0.25) is 0 Å². The molecule has 0 bridgehead atoms. The van der Waals surface area contributed by atoms with Gasteiger partial charge in [-0.3, -0.25) is 14.4 Å². The third kappa shape index (κ3) is 5.86. The lowest BCUT2D eigenvalue weighted by molar-refractivity contribution is -0.153. The van der Waals surface area contributed by atoms with Crippen LogP contribution in [-0.4, -0.2) is 42.4 Å². The number of nitrogens with zero attached hydrogens (tertiary/aromatic N) is 1. The van der Waals surface area contributed by atoms with Crippen LogP contribution in [0.1, 0.15) is 30.9 Å². The van der Waals surface area contributed by atoms with Gasteiger partial charge in [-0.25, -0.2) is 0 Å². The van der Waals surface area contributed by atoms with Crippen molar-refractivity contribution < 1.29 is 45.5 Å². The minimum atomic E-state index is -5.09. The Kier molecular flexibility index (Phi) is 6.99. The zero-order valence-corrected chi connectivity index (χ0v) is 15.7. The number of nitrogens with one attached hydrogen (secondary N) is 1. The molecule has 1 unspecified atom stereocenters. The Bertz CT molecular complexity index is 790. The Hall–Kier alpha value is -2.79. The van der Waals surface area contributed by atoms with Crippen molar-refractivity contribution in [3.63, 3.8) is 0 Å². The number of amides is 2. The van der Waals surface area contributed by atoms with E-state index in [-0.39, 0.29) is 25.8 Å². The number of ether oxygens (including phenoxy) is 1. The average Bonchev–Trinajstić information content (AvgIpc) is 2.66. The lowest BCUT2D eigenvalue weighted by Gasteiger charge is -2.31. The first-order chi connectivity index (χ1) is 13.8. The molecule has 0 aliphatic carbocycles. The van der Waals surface area contributed by atoms with Gasteiger partial charge in [-0.15, -0.1) is 0 Å². The molecular weight excluding hydrogens is 422 g/mol. The summed E-state index contributed by atoms with van der Waals surface area (Å²) in [6, 6.07) is 0.516. The molecule has 1 atom stereocenters. The summed E-state index contributed by atoms with van der Waals surface area (Å²) < 4.78 is 82.3. The van der Waals surface area contributed by atoms with E-state index in [2.05, 4.69) is 0 Å². The smallest absolute Gasteiger partial charge is 0.416 e. The van der Waals surface area contributed by atoms with Crippen LogP contribution in [-0.2, 0) is 31.5 Å². The summed E-state index contributed by atoms with van der Waals surface area (Å²) in [4.78, 5) is 37.3. The van der Waals surface area contributed by atoms with E-state index in [0.29, 0.717) is 25.0 Å². The third-order valence-electron chi connectivity index (χ3n) is 4.37. The molecular formula is C18H18F6N2O4. The monoisotopic (exact) mass is 440 g/mol. The van der Waals surface area contributed by atoms with E-state index < -0.39 is 52.9 Å². The number of benzene rings is 1. The lowest BCUT2D eigenvalue weighted by Crippen LogP contribution is -2.47. The first kappa shape index (κ1) is 23.5. The SMILES string of the molecule is CCOC(=O)C1CCCN(C(=O)C(=O)Nc2cc(C(F)(F)F)cc(C(F)(F)F)c2)C1. The van der Waals surface area contributed by atoms with Crippen molar-refractivity contribution in [1.29, 1.82) is 0 Å². The number of halogens is 6. The molecule has 1 aliphatic rings. The summed E-state index contributed by atoms with van der Waals surface area (Å²) in [6.07, 6.45) is -9.38. The molecule has 0 aromatic heterocycles. The van der Waals surface area contributed by atoms with Crippen molar-refractivity contribution in [2.45, 2.75) is 32.1 Å². The number of alkyl halides is 6. The first-order valence-electron chi connectivity index (χ1n) is 8.89. The van der Waals surface area contributed by atoms with E-state index in [1.165, 1.54) is 0 Å². The number of piperidine rings is 1. The Balaban J connectivity index is 2.18. The summed E-state index contributed by atoms with van der Waals surface area (Å²) in [5.74, 6) is -3.80. The predicted molar refractivity (Wildman–Crippen MR) is 91.0 cm³/mol. The summed E-state index contributed by atoms with van der Waals surface area (Å²) >= 11 is 0. The fourth-order valence-electron chi connectivity index (χ4n) is 2.97. The zero-order chi connectivity index (χ0) is 22.7. The quantitative estimate of drug-likeness (QED) is 0.444. The molecule has 0 spiro atoms. The van der Waals surface area contributed by atoms with Crippen LogP contribution in [0.5, 0.6) is 0 Å². The second kappa shape index (κ2) is 8.92. The van der Waals surface area contributed by atoms with Gasteiger partial charge < -0.3 is 15.0 Å². The minimum absolute atomic E-state index is 0.0912. The number of esters is 1. The van der Waals surface area contributed by atoms with E-state index in [0.717, 1.165) is 4.90 Å². The number of rotatable bonds is 3. The van der Waals surface area contributed by atoms with Gasteiger partial charge in [-0.1, -0.05) is 0 Å². The Morgan fingerprint density at radius 1 is 1.07 bits per heavy atom. The molecule has 6 nitrogen and oxygen atoms in total. The van der Waals surface area contributed by atoms with Crippen LogP contribution >= 0.6 is 0 Å². The second-order valence-electron chi connectivity index (χ2n) is 6.59. The number of carbonyl (C=O) groups excluding carboxylic acids is 3. The maximum atomic E-state index is 12.9. The average molecular weight is 440 g/mol. The van der Waals surface area contributed by atoms with Gasteiger partial charge in [0.15, 0.2) is 0 Å². The highest BCUT2D eigenvalue weighted by molar-refractivity contribution is 6.39. The Labute approximate surface area is 167 Å². The molecule has 1 aromatic carbocycles. The van der Waals surface area contributed by atoms with Gasteiger partial charge in [0, 0.05) is 18.8 Å². The summed E-state index contributed by atoms with van der Waals surface area (Å²) in [6.45, 7) is 1.70. The normalized spacial score (nSPS) is 17.4. The molecule has 2 rings (SSSR count). The topological polar surface area (TPSA) is 75.7 Å². The van der Waals surface area contributed by atoms with Crippen molar-refractivity contribution in [3.8, 4) is 0 Å². The molecule has 1 heterocycles. The van der Waals surface area contributed by atoms with Crippen LogP contribution in [0, 0.1) is 5.92 Å². The molecule has 1 aliphatic heterocycles. The van der Waals surface area contributed by atoms with Crippen LogP contribution in [0.25, 0.3) is 0 Å². The van der Waals surface area contributed by atoms with E-state index in [4.69, 9.17) is 4.74 Å². The number of likely N-dealkylation sites (tertiary alicyclic amines) is 1. The van der Waals surface area contributed by atoms with Gasteiger partial charge in [0.1, 0.15) is 0 Å². The number of carbonyl (C=O) groups is 3. The van der Waals surface area contributed by atoms with Gasteiger partial charge in [-0.2, -0.15) is 26.3 Å². The molecule has 166 valence electrons. The van der Waals surface area contributed by atoms with Crippen molar-refractivity contribution in [1.82, 2.24) is 4.90 Å². The fourth-order valence-corrected chi connectivity index (χ4v) is 2.97. The van der Waals surface area contributed by atoms with Gasteiger partial charge in [-0.05, 0) is 38.0 Å². The zero-order valence-electron chi connectivity index (χ0n) is 15.7. The molecule has 0 saturated carbocycles. The largest absolute Gasteiger partial charge is 0.466 e. The van der Waals surface area contributed by atoms with Gasteiger partial charge in [0.05, 0.1) is 23.7 Å². The van der Waals surface area contributed by atoms with Gasteiger partial charge in [0.25, 0.3) is 0 Å². The summed E-state index contributed by atoms with van der Waals surface area (Å²) in [5, 5.41) is 1.79. The maximum absolute atomic E-state index is 12.9. The molecule has 1 saturated heterocycles. The summed E-state index contributed by atoms with van der Waals surface area (Å²) in [7, 11) is 0. The molecule has 30 heavy (non-hydrogen) atoms. The highest BCUT2D eigenvalue weighted by atomic mass is 19.4. The summed E-state index contributed by atoms with van der Waals surface area (Å²) in [5.41, 5.74) is -4.07. The van der Waals surface area contributed by atoms with Crippen LogP contribution in [0.3, 0.4) is 0 Å². The number of hydrogen-bond donors (Lipinski definition) is 1. The minimum Gasteiger partial charge on any atom is -0.466 e. The van der Waals surface area contributed by atoms with Crippen molar-refractivity contribution in [3.05, 3.63) is 29.3 Å². The standard InChI is InChI=1S/C18H18F6N2O4/c1-2-30-16(29)10-4-3-5-26(9-10)15(28)14(27)25-13-7-11(17(19,20)21)6-12(8-13)18(22,23)24/h6-8,10H,2-5,9H2,1H3,(H,25,27). The maximum Gasteiger partial charge on any atom is 0.416 e. The molecule has 1 aromatic rings. The van der Waals surface area contributed by atoms with Crippen molar-refractivity contribution >= 4 is 23.5 Å². The Morgan fingerprint density at radius 3 is 2.13 bits per heavy atom. The number of anilines is 1. The highest BCUT2D eigenvalue weighted by Gasteiger charge is 2.38. The third-order valence-corrected chi connectivity index (χ3v) is 4.37. The van der Waals surface area contributed by atoms with Gasteiger partial charge in [0.2, 0.25) is 0 Å². The van der Waals surface area contributed by atoms with E-state index in [9.17, 15) is 40.7 Å².